The van der Waals surface area contributed by atoms with Crippen molar-refractivity contribution in [3.05, 3.63) is 35.7 Å². The lowest BCUT2D eigenvalue weighted by Gasteiger charge is -2.59. The number of hydrogen-bond acceptors (Lipinski definition) is 5. The summed E-state index contributed by atoms with van der Waals surface area (Å²) in [4.78, 5) is 13.0. The maximum Gasteiger partial charge on any atom is 0.324 e. The van der Waals surface area contributed by atoms with Crippen LogP contribution in [-0.4, -0.2) is 29.3 Å². The summed E-state index contributed by atoms with van der Waals surface area (Å²) in [6.07, 6.45) is 15.8. The molecule has 0 spiro atoms. The Morgan fingerprint density at radius 2 is 2.09 bits per heavy atom. The van der Waals surface area contributed by atoms with E-state index in [1.165, 1.54) is 18.4 Å². The first-order chi connectivity index (χ1) is 15.4. The van der Waals surface area contributed by atoms with Crippen molar-refractivity contribution in [2.45, 2.75) is 83.3 Å². The fraction of sp³-hybridized carbons (Fsp3) is 0.704. The van der Waals surface area contributed by atoms with E-state index in [4.69, 9.17) is 9.26 Å². The van der Waals surface area contributed by atoms with Gasteiger partial charge in [0.2, 0.25) is 0 Å². The SMILES string of the molecule is C=C[C@]1(OC(=O)[C@@H]2CCCN2)CC[C@H]2[C@@H]3CCC4=Cc5oncc5C[C@]4(C)[C@H]3CC[C@@]21C. The molecule has 0 amide bonds. The number of allylic oxidation sites excluding steroid dienone is 1. The van der Waals surface area contributed by atoms with Crippen LogP contribution in [0, 0.1) is 28.6 Å². The van der Waals surface area contributed by atoms with E-state index in [2.05, 4.69) is 37.0 Å². The summed E-state index contributed by atoms with van der Waals surface area (Å²) < 4.78 is 11.9. The molecular weight excluding hydrogens is 400 g/mol. The lowest BCUT2D eigenvalue weighted by Crippen LogP contribution is -2.56. The van der Waals surface area contributed by atoms with E-state index in [1.54, 1.807) is 5.57 Å². The average molecular weight is 437 g/mol. The van der Waals surface area contributed by atoms with E-state index < -0.39 is 5.60 Å². The van der Waals surface area contributed by atoms with Crippen LogP contribution in [0.5, 0.6) is 0 Å². The van der Waals surface area contributed by atoms with Gasteiger partial charge in [0.05, 0.1) is 6.20 Å². The van der Waals surface area contributed by atoms with Crippen molar-refractivity contribution >= 4 is 12.0 Å². The summed E-state index contributed by atoms with van der Waals surface area (Å²) in [6.45, 7) is 9.99. The minimum absolute atomic E-state index is 0.0290. The smallest absolute Gasteiger partial charge is 0.324 e. The van der Waals surface area contributed by atoms with E-state index in [1.807, 2.05) is 12.3 Å². The van der Waals surface area contributed by atoms with Gasteiger partial charge in [-0.05, 0) is 99.7 Å². The second kappa shape index (κ2) is 7.06. The molecule has 1 saturated heterocycles. The van der Waals surface area contributed by atoms with Crippen LogP contribution in [0.25, 0.3) is 6.08 Å². The van der Waals surface area contributed by atoms with Gasteiger partial charge in [0.25, 0.3) is 0 Å². The zero-order chi connectivity index (χ0) is 22.1. The minimum Gasteiger partial charge on any atom is -0.453 e. The lowest BCUT2D eigenvalue weighted by atomic mass is 9.46. The second-order valence-electron chi connectivity index (χ2n) is 11.6. The molecule has 172 valence electrons. The molecule has 4 aliphatic carbocycles. The Morgan fingerprint density at radius 1 is 1.25 bits per heavy atom. The molecule has 32 heavy (non-hydrogen) atoms. The molecule has 0 aromatic carbocycles. The molecule has 1 aromatic heterocycles. The Balaban J connectivity index is 1.29. The van der Waals surface area contributed by atoms with E-state index in [-0.39, 0.29) is 22.8 Å². The van der Waals surface area contributed by atoms with E-state index >= 15 is 0 Å². The summed E-state index contributed by atoms with van der Waals surface area (Å²) in [5, 5.41) is 7.38. The largest absolute Gasteiger partial charge is 0.453 e. The highest BCUT2D eigenvalue weighted by Crippen LogP contribution is 2.68. The molecule has 3 saturated carbocycles. The van der Waals surface area contributed by atoms with Crippen LogP contribution in [0.15, 0.2) is 28.9 Å². The van der Waals surface area contributed by atoms with Gasteiger partial charge < -0.3 is 14.6 Å². The molecule has 7 atom stereocenters. The molecule has 0 bridgehead atoms. The second-order valence-corrected chi connectivity index (χ2v) is 11.6. The first kappa shape index (κ1) is 20.7. The molecule has 6 rings (SSSR count). The first-order valence-corrected chi connectivity index (χ1v) is 12.6. The molecule has 5 heteroatoms. The topological polar surface area (TPSA) is 64.4 Å². The highest BCUT2D eigenvalue weighted by atomic mass is 16.6. The van der Waals surface area contributed by atoms with Gasteiger partial charge in [-0.15, -0.1) is 0 Å². The number of esters is 1. The Morgan fingerprint density at radius 3 is 2.88 bits per heavy atom. The van der Waals surface area contributed by atoms with Crippen LogP contribution in [0.2, 0.25) is 0 Å². The fourth-order valence-corrected chi connectivity index (χ4v) is 8.60. The monoisotopic (exact) mass is 436 g/mol. The van der Waals surface area contributed by atoms with Crippen molar-refractivity contribution in [2.24, 2.45) is 28.6 Å². The number of nitrogens with one attached hydrogen (secondary N) is 1. The van der Waals surface area contributed by atoms with Crippen molar-refractivity contribution in [1.82, 2.24) is 10.5 Å². The maximum atomic E-state index is 13.0. The summed E-state index contributed by atoms with van der Waals surface area (Å²) in [6, 6.07) is -0.146. The molecule has 1 aliphatic heterocycles. The third-order valence-corrected chi connectivity index (χ3v) is 10.4. The average Bonchev–Trinajstić information content (AvgIpc) is 3.51. The van der Waals surface area contributed by atoms with Crippen molar-refractivity contribution in [3.8, 4) is 0 Å². The van der Waals surface area contributed by atoms with Gasteiger partial charge in [0.15, 0.2) is 5.76 Å². The molecular formula is C27H36N2O3. The summed E-state index contributed by atoms with van der Waals surface area (Å²) in [5.41, 5.74) is 2.44. The zero-order valence-electron chi connectivity index (χ0n) is 19.5. The molecule has 0 unspecified atom stereocenters. The van der Waals surface area contributed by atoms with E-state index in [9.17, 15) is 4.79 Å². The van der Waals surface area contributed by atoms with Gasteiger partial charge in [-0.2, -0.15) is 0 Å². The molecule has 1 N–H and O–H groups in total. The molecule has 4 fully saturated rings. The van der Waals surface area contributed by atoms with Crippen LogP contribution in [0.3, 0.4) is 0 Å². The number of rotatable bonds is 3. The summed E-state index contributed by atoms with van der Waals surface area (Å²) >= 11 is 0. The van der Waals surface area contributed by atoms with Gasteiger partial charge in [-0.1, -0.05) is 31.2 Å². The number of nitrogens with zero attached hydrogens (tertiary/aromatic N) is 1. The van der Waals surface area contributed by atoms with Crippen molar-refractivity contribution in [1.29, 1.82) is 0 Å². The number of fused-ring (bicyclic) bond motifs is 6. The Hall–Kier alpha value is -1.88. The summed E-state index contributed by atoms with van der Waals surface area (Å²) in [7, 11) is 0. The van der Waals surface area contributed by atoms with E-state index in [0.717, 1.165) is 57.3 Å². The summed E-state index contributed by atoms with van der Waals surface area (Å²) in [5.74, 6) is 2.81. The zero-order valence-corrected chi connectivity index (χ0v) is 19.5. The van der Waals surface area contributed by atoms with Crippen LogP contribution >= 0.6 is 0 Å². The van der Waals surface area contributed by atoms with Gasteiger partial charge >= 0.3 is 5.97 Å². The Labute approximate surface area is 191 Å². The number of ether oxygens (including phenoxy) is 1. The number of carbonyl (C=O) groups excluding carboxylic acids is 1. The Kier molecular flexibility index (Phi) is 4.57. The van der Waals surface area contributed by atoms with Gasteiger partial charge in [0, 0.05) is 11.0 Å². The highest BCUT2D eigenvalue weighted by molar-refractivity contribution is 5.77. The van der Waals surface area contributed by atoms with Gasteiger partial charge in [-0.25, -0.2) is 0 Å². The van der Waals surface area contributed by atoms with Crippen LogP contribution in [0.4, 0.5) is 0 Å². The van der Waals surface area contributed by atoms with Crippen molar-refractivity contribution < 1.29 is 14.1 Å². The highest BCUT2D eigenvalue weighted by Gasteiger charge is 2.65. The number of aromatic nitrogens is 1. The van der Waals surface area contributed by atoms with Crippen LogP contribution in [-0.2, 0) is 16.0 Å². The first-order valence-electron chi connectivity index (χ1n) is 12.6. The standard InChI is InChI=1S/C27H36N2O3/c1-4-27(31-24(30)22-6-5-13-28-22)12-10-21-19-8-7-18-14-23-17(16-29-32-23)15-25(18,2)20(19)9-11-26(21,27)3/h4,14,16,19-22,28H,1,5-13,15H2,2-3H3/t19-,20+,21+,22+,25+,26+,27+/m1/s1. The maximum absolute atomic E-state index is 13.0. The predicted molar refractivity (Wildman–Crippen MR) is 123 cm³/mol. The molecule has 1 aromatic rings. The quantitative estimate of drug-likeness (QED) is 0.529. The lowest BCUT2D eigenvalue weighted by molar-refractivity contribution is -0.175. The van der Waals surface area contributed by atoms with Crippen molar-refractivity contribution in [2.75, 3.05) is 6.54 Å². The van der Waals surface area contributed by atoms with Crippen molar-refractivity contribution in [3.63, 3.8) is 0 Å². The molecule has 5 aliphatic rings. The molecule has 0 radical (unpaired) electrons. The number of carbonyl (C=O) groups is 1. The molecule has 5 nitrogen and oxygen atoms in total. The third kappa shape index (κ3) is 2.66. The normalized spacial score (nSPS) is 44.6. The third-order valence-electron chi connectivity index (χ3n) is 10.4. The predicted octanol–water partition coefficient (Wildman–Crippen LogP) is 5.08. The fourth-order valence-electron chi connectivity index (χ4n) is 8.60. The van der Waals surface area contributed by atoms with Crippen LogP contribution < -0.4 is 5.32 Å². The van der Waals surface area contributed by atoms with Gasteiger partial charge in [-0.3, -0.25) is 4.79 Å². The van der Waals surface area contributed by atoms with Crippen LogP contribution in [0.1, 0.15) is 76.5 Å². The van der Waals surface area contributed by atoms with Gasteiger partial charge in [0.1, 0.15) is 11.6 Å². The number of hydrogen-bond donors (Lipinski definition) is 1. The molecule has 2 heterocycles. The Bertz CT molecular complexity index is 975. The van der Waals surface area contributed by atoms with E-state index in [0.29, 0.717) is 17.8 Å². The minimum atomic E-state index is -0.533.